The molecule has 0 spiro atoms. The van der Waals surface area contributed by atoms with Gasteiger partial charge in [-0.1, -0.05) is 48.0 Å². The normalized spacial score (nSPS) is 11.9. The van der Waals surface area contributed by atoms with E-state index in [1.807, 2.05) is 62.4 Å². The lowest BCUT2D eigenvalue weighted by Gasteiger charge is -2.08. The van der Waals surface area contributed by atoms with Crippen molar-refractivity contribution < 1.29 is 8.42 Å². The van der Waals surface area contributed by atoms with Gasteiger partial charge in [0.05, 0.1) is 5.75 Å². The van der Waals surface area contributed by atoms with Gasteiger partial charge in [0.2, 0.25) is 10.0 Å². The van der Waals surface area contributed by atoms with Crippen molar-refractivity contribution in [1.29, 1.82) is 0 Å². The Morgan fingerprint density at radius 2 is 1.70 bits per heavy atom. The maximum absolute atomic E-state index is 12.3. The highest BCUT2D eigenvalue weighted by Crippen LogP contribution is 2.21. The van der Waals surface area contributed by atoms with Crippen LogP contribution in [0.4, 0.5) is 0 Å². The highest BCUT2D eigenvalue weighted by atomic mass is 32.2. The molecule has 3 rings (SSSR count). The number of aromatic nitrogens is 1. The van der Waals surface area contributed by atoms with Crippen LogP contribution in [0.25, 0.3) is 10.9 Å². The Bertz CT molecular complexity index is 925. The molecule has 1 aromatic heterocycles. The van der Waals surface area contributed by atoms with Crippen molar-refractivity contribution in [3.05, 3.63) is 70.9 Å². The van der Waals surface area contributed by atoms with Gasteiger partial charge in [0.15, 0.2) is 0 Å². The van der Waals surface area contributed by atoms with Crippen molar-refractivity contribution in [3.63, 3.8) is 0 Å². The lowest BCUT2D eigenvalue weighted by Crippen LogP contribution is -2.24. The van der Waals surface area contributed by atoms with E-state index >= 15 is 0 Å². The molecule has 0 aliphatic carbocycles. The van der Waals surface area contributed by atoms with Crippen LogP contribution >= 0.6 is 0 Å². The minimum atomic E-state index is -3.37. The summed E-state index contributed by atoms with van der Waals surface area (Å²) in [6.07, 6.45) is 0. The molecule has 2 aromatic carbocycles. The molecule has 0 saturated heterocycles. The Hall–Kier alpha value is -2.11. The number of para-hydroxylation sites is 1. The van der Waals surface area contributed by atoms with Gasteiger partial charge in [-0.05, 0) is 31.0 Å². The number of benzene rings is 2. The molecule has 0 amide bonds. The molecule has 23 heavy (non-hydrogen) atoms. The SMILES string of the molecule is Cc1ccc(CS(=O)(=O)NCc2c(C)[nH]c3ccccc23)cc1. The minimum absolute atomic E-state index is 0.00527. The zero-order valence-corrected chi connectivity index (χ0v) is 14.1. The second-order valence-corrected chi connectivity index (χ2v) is 7.65. The Balaban J connectivity index is 1.76. The average Bonchev–Trinajstić information content (AvgIpc) is 2.83. The van der Waals surface area contributed by atoms with Gasteiger partial charge in [0.25, 0.3) is 0 Å². The van der Waals surface area contributed by atoms with Crippen LogP contribution in [0.15, 0.2) is 48.5 Å². The maximum Gasteiger partial charge on any atom is 0.216 e. The predicted molar refractivity (Wildman–Crippen MR) is 93.7 cm³/mol. The largest absolute Gasteiger partial charge is 0.358 e. The Morgan fingerprint density at radius 1 is 1.00 bits per heavy atom. The van der Waals surface area contributed by atoms with Crippen molar-refractivity contribution in [1.82, 2.24) is 9.71 Å². The summed E-state index contributed by atoms with van der Waals surface area (Å²) in [7, 11) is -3.37. The quantitative estimate of drug-likeness (QED) is 0.754. The number of fused-ring (bicyclic) bond motifs is 1. The van der Waals surface area contributed by atoms with Crippen LogP contribution in [-0.4, -0.2) is 13.4 Å². The van der Waals surface area contributed by atoms with Gasteiger partial charge in [-0.3, -0.25) is 0 Å². The first kappa shape index (κ1) is 15.8. The molecular formula is C18H20N2O2S. The smallest absolute Gasteiger partial charge is 0.216 e. The third kappa shape index (κ3) is 3.63. The molecule has 0 radical (unpaired) electrons. The first-order chi connectivity index (χ1) is 10.9. The molecular weight excluding hydrogens is 308 g/mol. The summed E-state index contributed by atoms with van der Waals surface area (Å²) in [5, 5.41) is 1.06. The molecule has 0 fully saturated rings. The van der Waals surface area contributed by atoms with E-state index in [4.69, 9.17) is 0 Å². The first-order valence-corrected chi connectivity index (χ1v) is 9.19. The predicted octanol–water partition coefficient (Wildman–Crippen LogP) is 3.40. The third-order valence-corrected chi connectivity index (χ3v) is 5.27. The topological polar surface area (TPSA) is 62.0 Å². The van der Waals surface area contributed by atoms with Gasteiger partial charge in [-0.15, -0.1) is 0 Å². The van der Waals surface area contributed by atoms with Crippen molar-refractivity contribution in [2.75, 3.05) is 0 Å². The third-order valence-electron chi connectivity index (χ3n) is 3.97. The fourth-order valence-corrected chi connectivity index (χ4v) is 3.80. The average molecular weight is 328 g/mol. The second-order valence-electron chi connectivity index (χ2n) is 5.84. The molecule has 3 aromatic rings. The van der Waals surface area contributed by atoms with Gasteiger partial charge in [0, 0.05) is 23.1 Å². The number of rotatable bonds is 5. The number of hydrogen-bond donors (Lipinski definition) is 2. The molecule has 0 unspecified atom stereocenters. The number of hydrogen-bond acceptors (Lipinski definition) is 2. The molecule has 2 N–H and O–H groups in total. The van der Waals surface area contributed by atoms with E-state index in [0.29, 0.717) is 6.54 Å². The van der Waals surface area contributed by atoms with Crippen LogP contribution in [0.2, 0.25) is 0 Å². The van der Waals surface area contributed by atoms with Crippen LogP contribution in [0.5, 0.6) is 0 Å². The number of aryl methyl sites for hydroxylation is 2. The minimum Gasteiger partial charge on any atom is -0.358 e. The molecule has 0 saturated carbocycles. The fourth-order valence-electron chi connectivity index (χ4n) is 2.70. The molecule has 0 bridgehead atoms. The van der Waals surface area contributed by atoms with Crippen LogP contribution in [-0.2, 0) is 22.3 Å². The molecule has 0 aliphatic rings. The summed E-state index contributed by atoms with van der Waals surface area (Å²) in [5.74, 6) is -0.00527. The summed E-state index contributed by atoms with van der Waals surface area (Å²) in [6, 6.07) is 15.5. The Morgan fingerprint density at radius 3 is 2.43 bits per heavy atom. The molecule has 0 atom stereocenters. The van der Waals surface area contributed by atoms with E-state index in [0.717, 1.165) is 33.3 Å². The molecule has 5 heteroatoms. The first-order valence-electron chi connectivity index (χ1n) is 7.54. The number of sulfonamides is 1. The van der Waals surface area contributed by atoms with Gasteiger partial charge in [-0.2, -0.15) is 0 Å². The van der Waals surface area contributed by atoms with Crippen molar-refractivity contribution in [2.24, 2.45) is 0 Å². The van der Waals surface area contributed by atoms with Crippen LogP contribution in [0, 0.1) is 13.8 Å². The molecule has 0 aliphatic heterocycles. The van der Waals surface area contributed by atoms with Crippen LogP contribution in [0.1, 0.15) is 22.4 Å². The summed E-state index contributed by atoms with van der Waals surface area (Å²) >= 11 is 0. The molecule has 120 valence electrons. The van der Waals surface area contributed by atoms with E-state index in [-0.39, 0.29) is 5.75 Å². The summed E-state index contributed by atoms with van der Waals surface area (Å²) in [4.78, 5) is 3.28. The van der Waals surface area contributed by atoms with E-state index in [1.165, 1.54) is 0 Å². The molecule has 4 nitrogen and oxygen atoms in total. The van der Waals surface area contributed by atoms with Crippen molar-refractivity contribution in [2.45, 2.75) is 26.1 Å². The van der Waals surface area contributed by atoms with Crippen LogP contribution < -0.4 is 4.72 Å². The van der Waals surface area contributed by atoms with E-state index in [2.05, 4.69) is 9.71 Å². The van der Waals surface area contributed by atoms with Crippen LogP contribution in [0.3, 0.4) is 0 Å². The second kappa shape index (κ2) is 6.18. The summed E-state index contributed by atoms with van der Waals surface area (Å²) < 4.78 is 27.3. The standard InChI is InChI=1S/C18H20N2O2S/c1-13-7-9-15(10-8-13)12-23(21,22)19-11-17-14(2)20-18-6-4-3-5-16(17)18/h3-10,19-20H,11-12H2,1-2H3. The number of aromatic amines is 1. The zero-order chi connectivity index (χ0) is 16.4. The van der Waals surface area contributed by atoms with Gasteiger partial charge in [0.1, 0.15) is 0 Å². The number of H-pyrrole nitrogens is 1. The highest BCUT2D eigenvalue weighted by Gasteiger charge is 2.14. The van der Waals surface area contributed by atoms with Gasteiger partial charge in [-0.25, -0.2) is 13.1 Å². The monoisotopic (exact) mass is 328 g/mol. The van der Waals surface area contributed by atoms with E-state index < -0.39 is 10.0 Å². The van der Waals surface area contributed by atoms with Gasteiger partial charge >= 0.3 is 0 Å². The Labute approximate surface area is 136 Å². The molecule has 1 heterocycles. The van der Waals surface area contributed by atoms with Crippen molar-refractivity contribution in [3.8, 4) is 0 Å². The fraction of sp³-hybridized carbons (Fsp3) is 0.222. The maximum atomic E-state index is 12.3. The highest BCUT2D eigenvalue weighted by molar-refractivity contribution is 7.88. The number of nitrogens with one attached hydrogen (secondary N) is 2. The van der Waals surface area contributed by atoms with E-state index in [9.17, 15) is 8.42 Å². The van der Waals surface area contributed by atoms with Gasteiger partial charge < -0.3 is 4.98 Å². The lowest BCUT2D eigenvalue weighted by molar-refractivity contribution is 0.580. The summed E-state index contributed by atoms with van der Waals surface area (Å²) in [5.41, 5.74) is 4.92. The van der Waals surface area contributed by atoms with Crippen molar-refractivity contribution >= 4 is 20.9 Å². The summed E-state index contributed by atoms with van der Waals surface area (Å²) in [6.45, 7) is 4.24. The van der Waals surface area contributed by atoms with E-state index in [1.54, 1.807) is 0 Å². The lowest BCUT2D eigenvalue weighted by atomic mass is 10.1. The zero-order valence-electron chi connectivity index (χ0n) is 13.3. The Kier molecular flexibility index (Phi) is 4.24.